The largest absolute Gasteiger partial charge is 0.507 e. The molecule has 0 atom stereocenters. The van der Waals surface area contributed by atoms with Gasteiger partial charge in [-0.05, 0) is 48.5 Å². The summed E-state index contributed by atoms with van der Waals surface area (Å²) >= 11 is 0. The molecule has 1 amide bonds. The molecular weight excluding hydrogens is 384 g/mol. The lowest BCUT2D eigenvalue weighted by Crippen LogP contribution is -2.12. The highest BCUT2D eigenvalue weighted by Gasteiger charge is 2.19. The van der Waals surface area contributed by atoms with Crippen LogP contribution in [0.15, 0.2) is 82.6 Å². The number of hydrogen-bond donors (Lipinski definition) is 2. The van der Waals surface area contributed by atoms with Crippen molar-refractivity contribution in [1.29, 1.82) is 0 Å². The van der Waals surface area contributed by atoms with Crippen LogP contribution in [0, 0.1) is 10.1 Å². The number of rotatable bonds is 5. The number of sulfone groups is 1. The summed E-state index contributed by atoms with van der Waals surface area (Å²) in [6, 6.07) is 16.1. The summed E-state index contributed by atoms with van der Waals surface area (Å²) < 4.78 is 25.2. The average Bonchev–Trinajstić information content (AvgIpc) is 2.68. The van der Waals surface area contributed by atoms with Crippen LogP contribution in [0.4, 0.5) is 11.4 Å². The van der Waals surface area contributed by atoms with Crippen LogP contribution in [-0.4, -0.2) is 24.4 Å². The van der Waals surface area contributed by atoms with Crippen LogP contribution in [0.1, 0.15) is 10.4 Å². The molecule has 0 spiro atoms. The van der Waals surface area contributed by atoms with E-state index in [-0.39, 0.29) is 26.8 Å². The maximum Gasteiger partial charge on any atom is 0.269 e. The Hall–Kier alpha value is -3.72. The molecule has 0 aromatic heterocycles. The van der Waals surface area contributed by atoms with Crippen LogP contribution in [-0.2, 0) is 9.84 Å². The highest BCUT2D eigenvalue weighted by Crippen LogP contribution is 2.25. The molecule has 0 saturated carbocycles. The van der Waals surface area contributed by atoms with E-state index in [9.17, 15) is 28.4 Å². The Bertz CT molecular complexity index is 1140. The van der Waals surface area contributed by atoms with E-state index < -0.39 is 20.7 Å². The SMILES string of the molecule is O=C(Nc1ccc(S(=O)(=O)c2ccc([N+](=O)[O-])cc2)cc1)c1ccccc1O. The van der Waals surface area contributed by atoms with Crippen LogP contribution >= 0.6 is 0 Å². The molecule has 0 aliphatic carbocycles. The number of non-ortho nitro benzene ring substituents is 1. The van der Waals surface area contributed by atoms with Crippen LogP contribution in [0.5, 0.6) is 5.75 Å². The molecule has 0 saturated heterocycles. The zero-order chi connectivity index (χ0) is 20.3. The van der Waals surface area contributed by atoms with Gasteiger partial charge >= 0.3 is 0 Å². The summed E-state index contributed by atoms with van der Waals surface area (Å²) in [6.07, 6.45) is 0. The van der Waals surface area contributed by atoms with E-state index in [1.807, 2.05) is 0 Å². The smallest absolute Gasteiger partial charge is 0.269 e. The number of phenols is 1. The Kier molecular flexibility index (Phi) is 5.10. The molecule has 0 heterocycles. The van der Waals surface area contributed by atoms with Crippen molar-refractivity contribution in [2.24, 2.45) is 0 Å². The minimum Gasteiger partial charge on any atom is -0.507 e. The molecule has 3 rings (SSSR count). The molecule has 3 aromatic carbocycles. The Labute approximate surface area is 160 Å². The number of carbonyl (C=O) groups is 1. The van der Waals surface area contributed by atoms with Gasteiger partial charge in [0.1, 0.15) is 5.75 Å². The number of nitro groups is 1. The number of nitrogens with one attached hydrogen (secondary N) is 1. The van der Waals surface area contributed by atoms with Crippen LogP contribution in [0.2, 0.25) is 0 Å². The van der Waals surface area contributed by atoms with E-state index in [2.05, 4.69) is 5.32 Å². The first-order valence-corrected chi connectivity index (χ1v) is 9.46. The maximum atomic E-state index is 12.6. The van der Waals surface area contributed by atoms with Crippen molar-refractivity contribution in [3.05, 3.63) is 88.5 Å². The Morgan fingerprint density at radius 1 is 0.893 bits per heavy atom. The Morgan fingerprint density at radius 2 is 1.43 bits per heavy atom. The van der Waals surface area contributed by atoms with Gasteiger partial charge < -0.3 is 10.4 Å². The Balaban J connectivity index is 1.80. The fourth-order valence-electron chi connectivity index (χ4n) is 2.46. The number of para-hydroxylation sites is 1. The molecule has 0 aliphatic heterocycles. The number of hydrogen-bond acceptors (Lipinski definition) is 6. The molecule has 0 fully saturated rings. The predicted octanol–water partition coefficient (Wildman–Crippen LogP) is 3.39. The topological polar surface area (TPSA) is 127 Å². The molecule has 9 heteroatoms. The van der Waals surface area contributed by atoms with Crippen LogP contribution in [0.25, 0.3) is 0 Å². The number of phenolic OH excluding ortho intramolecular Hbond substituents is 1. The van der Waals surface area contributed by atoms with Crippen LogP contribution in [0.3, 0.4) is 0 Å². The maximum absolute atomic E-state index is 12.6. The lowest BCUT2D eigenvalue weighted by molar-refractivity contribution is -0.384. The van der Waals surface area contributed by atoms with Gasteiger partial charge in [-0.2, -0.15) is 0 Å². The zero-order valence-corrected chi connectivity index (χ0v) is 15.1. The minimum absolute atomic E-state index is 0.0260. The number of anilines is 1. The normalized spacial score (nSPS) is 11.0. The van der Waals surface area contributed by atoms with Gasteiger partial charge in [0.15, 0.2) is 0 Å². The van der Waals surface area contributed by atoms with Gasteiger partial charge in [0.05, 0.1) is 20.3 Å². The van der Waals surface area contributed by atoms with Crippen molar-refractivity contribution in [3.63, 3.8) is 0 Å². The first kappa shape index (κ1) is 19.1. The second-order valence-electron chi connectivity index (χ2n) is 5.75. The fourth-order valence-corrected chi connectivity index (χ4v) is 3.73. The molecule has 8 nitrogen and oxygen atoms in total. The van der Waals surface area contributed by atoms with Crippen molar-refractivity contribution in [1.82, 2.24) is 0 Å². The molecular formula is C19H14N2O6S. The molecule has 2 N–H and O–H groups in total. The van der Waals surface area contributed by atoms with Gasteiger partial charge in [-0.1, -0.05) is 12.1 Å². The number of nitro benzene ring substituents is 1. The van der Waals surface area contributed by atoms with Gasteiger partial charge in [-0.25, -0.2) is 8.42 Å². The van der Waals surface area contributed by atoms with E-state index in [1.165, 1.54) is 48.5 Å². The van der Waals surface area contributed by atoms with Gasteiger partial charge in [0, 0.05) is 17.8 Å². The van der Waals surface area contributed by atoms with Gasteiger partial charge in [-0.3, -0.25) is 14.9 Å². The lowest BCUT2D eigenvalue weighted by Gasteiger charge is -2.08. The summed E-state index contributed by atoms with van der Waals surface area (Å²) in [5.74, 6) is -0.707. The highest BCUT2D eigenvalue weighted by atomic mass is 32.2. The van der Waals surface area contributed by atoms with Gasteiger partial charge in [-0.15, -0.1) is 0 Å². The molecule has 3 aromatic rings. The van der Waals surface area contributed by atoms with Crippen LogP contribution < -0.4 is 5.32 Å². The number of carbonyl (C=O) groups excluding carboxylic acids is 1. The Morgan fingerprint density at radius 3 is 1.96 bits per heavy atom. The van der Waals surface area contributed by atoms with E-state index in [1.54, 1.807) is 12.1 Å². The highest BCUT2D eigenvalue weighted by molar-refractivity contribution is 7.91. The number of benzene rings is 3. The second-order valence-corrected chi connectivity index (χ2v) is 7.70. The van der Waals surface area contributed by atoms with Crippen molar-refractivity contribution < 1.29 is 23.2 Å². The molecule has 0 radical (unpaired) electrons. The zero-order valence-electron chi connectivity index (χ0n) is 14.3. The number of aromatic hydroxyl groups is 1. The van der Waals surface area contributed by atoms with Crippen molar-refractivity contribution in [2.75, 3.05) is 5.32 Å². The summed E-state index contributed by atoms with van der Waals surface area (Å²) in [5.41, 5.74) is 0.224. The predicted molar refractivity (Wildman–Crippen MR) is 101 cm³/mol. The lowest BCUT2D eigenvalue weighted by atomic mass is 10.2. The van der Waals surface area contributed by atoms with Crippen molar-refractivity contribution in [3.8, 4) is 5.75 Å². The molecule has 0 aliphatic rings. The average molecular weight is 398 g/mol. The van der Waals surface area contributed by atoms with E-state index >= 15 is 0 Å². The van der Waals surface area contributed by atoms with Crippen molar-refractivity contribution in [2.45, 2.75) is 9.79 Å². The third kappa shape index (κ3) is 3.84. The third-order valence-electron chi connectivity index (χ3n) is 3.93. The number of nitrogens with zero attached hydrogens (tertiary/aromatic N) is 1. The molecule has 28 heavy (non-hydrogen) atoms. The van der Waals surface area contributed by atoms with Crippen molar-refractivity contribution >= 4 is 27.1 Å². The summed E-state index contributed by atoms with van der Waals surface area (Å²) in [4.78, 5) is 22.1. The standard InChI is InChI=1S/C19H14N2O6S/c22-18-4-2-1-3-17(18)19(23)20-13-5-9-15(10-6-13)28(26,27)16-11-7-14(8-12-16)21(24)25/h1-12,22H,(H,20,23). The quantitative estimate of drug-likeness (QED) is 0.501. The second kappa shape index (κ2) is 7.49. The monoisotopic (exact) mass is 398 g/mol. The number of amides is 1. The van der Waals surface area contributed by atoms with E-state index in [4.69, 9.17) is 0 Å². The summed E-state index contributed by atoms with van der Waals surface area (Å²) in [7, 11) is -3.86. The van der Waals surface area contributed by atoms with Gasteiger partial charge in [0.2, 0.25) is 9.84 Å². The molecule has 0 unspecified atom stereocenters. The fraction of sp³-hybridized carbons (Fsp3) is 0. The third-order valence-corrected chi connectivity index (χ3v) is 5.71. The molecule has 142 valence electrons. The minimum atomic E-state index is -3.86. The summed E-state index contributed by atoms with van der Waals surface area (Å²) in [5, 5.41) is 23.0. The van der Waals surface area contributed by atoms with Gasteiger partial charge in [0.25, 0.3) is 11.6 Å². The van der Waals surface area contributed by atoms with E-state index in [0.717, 1.165) is 12.1 Å². The molecule has 0 bridgehead atoms. The first-order chi connectivity index (χ1) is 13.3. The van der Waals surface area contributed by atoms with E-state index in [0.29, 0.717) is 5.69 Å². The summed E-state index contributed by atoms with van der Waals surface area (Å²) in [6.45, 7) is 0. The first-order valence-electron chi connectivity index (χ1n) is 7.98.